The molecule has 0 aliphatic carbocycles. The number of ether oxygens (including phenoxy) is 1. The quantitative estimate of drug-likeness (QED) is 0.611. The minimum absolute atomic E-state index is 0.0775. The van der Waals surface area contributed by atoms with E-state index in [1.54, 1.807) is 7.11 Å². The van der Waals surface area contributed by atoms with Crippen molar-refractivity contribution < 1.29 is 9.53 Å². The fourth-order valence-corrected chi connectivity index (χ4v) is 0.882. The van der Waals surface area contributed by atoms with Crippen LogP contribution in [0.5, 0.6) is 0 Å². The van der Waals surface area contributed by atoms with E-state index in [2.05, 4.69) is 12.2 Å². The minimum atomic E-state index is 0.0775. The predicted molar refractivity (Wildman–Crippen MR) is 44.1 cm³/mol. The molecular weight excluding hydrogens is 142 g/mol. The smallest absolute Gasteiger partial charge is 0.224 e. The first-order valence-corrected chi connectivity index (χ1v) is 3.99. The van der Waals surface area contributed by atoms with Gasteiger partial charge < -0.3 is 10.1 Å². The summed E-state index contributed by atoms with van der Waals surface area (Å²) in [4.78, 5) is 11.1. The van der Waals surface area contributed by atoms with Gasteiger partial charge in [-0.3, -0.25) is 4.79 Å². The van der Waals surface area contributed by atoms with Crippen molar-refractivity contribution in [1.29, 1.82) is 0 Å². The van der Waals surface area contributed by atoms with Gasteiger partial charge in [-0.05, 0) is 6.42 Å². The summed E-state index contributed by atoms with van der Waals surface area (Å²) in [6.45, 7) is 4.31. The van der Waals surface area contributed by atoms with Crippen molar-refractivity contribution in [2.45, 2.75) is 26.7 Å². The van der Waals surface area contributed by atoms with Gasteiger partial charge in [0.25, 0.3) is 0 Å². The standard InChI is InChI=1S/C8H17NO2/c1-4-5-7(2)8(10)9-6-11-3/h7H,4-6H2,1-3H3,(H,9,10). The van der Waals surface area contributed by atoms with Crippen LogP contribution in [0.1, 0.15) is 26.7 Å². The number of hydrogen-bond acceptors (Lipinski definition) is 2. The number of carbonyl (C=O) groups is 1. The molecular formula is C8H17NO2. The van der Waals surface area contributed by atoms with Gasteiger partial charge in [-0.15, -0.1) is 0 Å². The van der Waals surface area contributed by atoms with Gasteiger partial charge in [0.1, 0.15) is 6.73 Å². The predicted octanol–water partition coefficient (Wildman–Crippen LogP) is 1.14. The second-order valence-electron chi connectivity index (χ2n) is 2.66. The Labute approximate surface area is 68.1 Å². The maximum Gasteiger partial charge on any atom is 0.224 e. The molecule has 1 unspecified atom stereocenters. The molecule has 0 aromatic rings. The summed E-state index contributed by atoms with van der Waals surface area (Å²) in [7, 11) is 1.56. The summed E-state index contributed by atoms with van der Waals surface area (Å²) in [5.41, 5.74) is 0. The van der Waals surface area contributed by atoms with Crippen LogP contribution in [0.15, 0.2) is 0 Å². The van der Waals surface area contributed by atoms with E-state index < -0.39 is 0 Å². The van der Waals surface area contributed by atoms with E-state index in [1.165, 1.54) is 0 Å². The fraction of sp³-hybridized carbons (Fsp3) is 0.875. The fourth-order valence-electron chi connectivity index (χ4n) is 0.882. The molecule has 1 amide bonds. The summed E-state index contributed by atoms with van der Waals surface area (Å²) >= 11 is 0. The lowest BCUT2D eigenvalue weighted by atomic mass is 10.1. The molecule has 0 bridgehead atoms. The first kappa shape index (κ1) is 10.4. The molecule has 0 fully saturated rings. The first-order valence-electron chi connectivity index (χ1n) is 3.99. The largest absolute Gasteiger partial charge is 0.364 e. The van der Waals surface area contributed by atoms with Gasteiger partial charge in [-0.2, -0.15) is 0 Å². The van der Waals surface area contributed by atoms with Crippen molar-refractivity contribution in [1.82, 2.24) is 5.32 Å². The van der Waals surface area contributed by atoms with Crippen molar-refractivity contribution >= 4 is 5.91 Å². The van der Waals surface area contributed by atoms with Crippen LogP contribution in [0.2, 0.25) is 0 Å². The number of rotatable bonds is 5. The highest BCUT2D eigenvalue weighted by molar-refractivity contribution is 5.77. The third-order valence-corrected chi connectivity index (χ3v) is 1.56. The highest BCUT2D eigenvalue weighted by atomic mass is 16.5. The molecule has 3 heteroatoms. The molecule has 0 heterocycles. The summed E-state index contributed by atoms with van der Waals surface area (Å²) in [6, 6.07) is 0. The lowest BCUT2D eigenvalue weighted by Gasteiger charge is -2.09. The summed E-state index contributed by atoms with van der Waals surface area (Å²) in [6.07, 6.45) is 1.98. The third kappa shape index (κ3) is 4.79. The van der Waals surface area contributed by atoms with Crippen molar-refractivity contribution in [3.05, 3.63) is 0 Å². The maximum atomic E-state index is 11.1. The van der Waals surface area contributed by atoms with Gasteiger partial charge in [-0.25, -0.2) is 0 Å². The number of nitrogens with one attached hydrogen (secondary N) is 1. The van der Waals surface area contributed by atoms with Gasteiger partial charge in [0.05, 0.1) is 0 Å². The zero-order valence-electron chi connectivity index (χ0n) is 7.52. The average Bonchev–Trinajstić information content (AvgIpc) is 2.00. The zero-order chi connectivity index (χ0) is 8.69. The molecule has 66 valence electrons. The Morgan fingerprint density at radius 3 is 2.73 bits per heavy atom. The van der Waals surface area contributed by atoms with Crippen LogP contribution in [-0.2, 0) is 9.53 Å². The van der Waals surface area contributed by atoms with E-state index in [1.807, 2.05) is 6.92 Å². The molecule has 0 aromatic heterocycles. The maximum absolute atomic E-state index is 11.1. The molecule has 1 atom stereocenters. The van der Waals surface area contributed by atoms with Gasteiger partial charge in [0.2, 0.25) is 5.91 Å². The molecule has 0 aliphatic heterocycles. The summed E-state index contributed by atoms with van der Waals surface area (Å²) in [5.74, 6) is 0.184. The second kappa shape index (κ2) is 6.16. The SMILES string of the molecule is CCCC(C)C(=O)NCOC. The molecule has 11 heavy (non-hydrogen) atoms. The van der Waals surface area contributed by atoms with Gasteiger partial charge in [-0.1, -0.05) is 20.3 Å². The van der Waals surface area contributed by atoms with Crippen LogP contribution < -0.4 is 5.32 Å². The number of amides is 1. The van der Waals surface area contributed by atoms with Crippen LogP contribution in [0.25, 0.3) is 0 Å². The normalized spacial score (nSPS) is 12.6. The molecule has 1 N–H and O–H groups in total. The van der Waals surface area contributed by atoms with E-state index in [4.69, 9.17) is 4.74 Å². The van der Waals surface area contributed by atoms with Crippen molar-refractivity contribution in [3.8, 4) is 0 Å². The molecule has 0 saturated carbocycles. The van der Waals surface area contributed by atoms with Crippen LogP contribution >= 0.6 is 0 Å². The van der Waals surface area contributed by atoms with Gasteiger partial charge in [0.15, 0.2) is 0 Å². The van der Waals surface area contributed by atoms with Crippen LogP contribution in [0.4, 0.5) is 0 Å². The highest BCUT2D eigenvalue weighted by Gasteiger charge is 2.09. The van der Waals surface area contributed by atoms with E-state index >= 15 is 0 Å². The lowest BCUT2D eigenvalue weighted by molar-refractivity contribution is -0.126. The lowest BCUT2D eigenvalue weighted by Crippen LogP contribution is -2.30. The molecule has 0 spiro atoms. The average molecular weight is 159 g/mol. The second-order valence-corrected chi connectivity index (χ2v) is 2.66. The molecule has 0 rings (SSSR count). The highest BCUT2D eigenvalue weighted by Crippen LogP contribution is 2.03. The Bertz CT molecular complexity index is 115. The first-order chi connectivity index (χ1) is 5.22. The van der Waals surface area contributed by atoms with Gasteiger partial charge in [0, 0.05) is 13.0 Å². The number of methoxy groups -OCH3 is 1. The van der Waals surface area contributed by atoms with Crippen molar-refractivity contribution in [3.63, 3.8) is 0 Å². The summed E-state index contributed by atoms with van der Waals surface area (Å²) in [5, 5.41) is 2.66. The van der Waals surface area contributed by atoms with Crippen LogP contribution in [-0.4, -0.2) is 19.7 Å². The third-order valence-electron chi connectivity index (χ3n) is 1.56. The Kier molecular flexibility index (Phi) is 5.84. The molecule has 0 radical (unpaired) electrons. The Balaban J connectivity index is 3.47. The van der Waals surface area contributed by atoms with Crippen molar-refractivity contribution in [2.75, 3.05) is 13.8 Å². The Morgan fingerprint density at radius 1 is 1.64 bits per heavy atom. The molecule has 0 aliphatic rings. The molecule has 3 nitrogen and oxygen atoms in total. The zero-order valence-corrected chi connectivity index (χ0v) is 7.52. The molecule has 0 saturated heterocycles. The number of hydrogen-bond donors (Lipinski definition) is 1. The topological polar surface area (TPSA) is 38.3 Å². The van der Waals surface area contributed by atoms with E-state index in [0.717, 1.165) is 12.8 Å². The summed E-state index contributed by atoms with van der Waals surface area (Å²) < 4.78 is 4.71. The number of carbonyl (C=O) groups excluding carboxylic acids is 1. The van der Waals surface area contributed by atoms with Crippen molar-refractivity contribution in [2.24, 2.45) is 5.92 Å². The van der Waals surface area contributed by atoms with Crippen LogP contribution in [0, 0.1) is 5.92 Å². The van der Waals surface area contributed by atoms with Crippen LogP contribution in [0.3, 0.4) is 0 Å². The monoisotopic (exact) mass is 159 g/mol. The Morgan fingerprint density at radius 2 is 2.27 bits per heavy atom. The Hall–Kier alpha value is -0.570. The van der Waals surface area contributed by atoms with Gasteiger partial charge >= 0.3 is 0 Å². The minimum Gasteiger partial charge on any atom is -0.364 e. The molecule has 0 aromatic carbocycles. The van der Waals surface area contributed by atoms with E-state index in [0.29, 0.717) is 6.73 Å². The van der Waals surface area contributed by atoms with E-state index in [9.17, 15) is 4.79 Å². The van der Waals surface area contributed by atoms with E-state index in [-0.39, 0.29) is 11.8 Å².